The molecule has 0 radical (unpaired) electrons. The maximum absolute atomic E-state index is 14.6. The Hall–Kier alpha value is -5.23. The second-order valence-electron chi connectivity index (χ2n) is 12.2. The van der Waals surface area contributed by atoms with Gasteiger partial charge in [0.25, 0.3) is 15.9 Å². The summed E-state index contributed by atoms with van der Waals surface area (Å²) in [6.45, 7) is 11.0. The van der Waals surface area contributed by atoms with Crippen molar-refractivity contribution < 1.29 is 22.4 Å². The van der Waals surface area contributed by atoms with Crippen molar-refractivity contribution >= 4 is 67.7 Å². The zero-order valence-corrected chi connectivity index (χ0v) is 29.1. The fraction of sp³-hybridized carbons (Fsp3) is 0.297. The minimum Gasteiger partial charge on any atom is -0.445 e. The van der Waals surface area contributed by atoms with Gasteiger partial charge in [-0.3, -0.25) is 9.59 Å². The molecule has 1 aromatic heterocycles. The number of hydrogen-bond donors (Lipinski definition) is 2. The van der Waals surface area contributed by atoms with E-state index < -0.39 is 15.9 Å². The maximum atomic E-state index is 14.6. The van der Waals surface area contributed by atoms with Crippen molar-refractivity contribution in [1.82, 2.24) is 0 Å². The number of nitrogens with zero attached hydrogens (tertiary/aromatic N) is 4. The molecule has 6 rings (SSSR count). The Bertz CT molecular complexity index is 2110. The average molecular weight is 681 g/mol. The highest BCUT2D eigenvalue weighted by Gasteiger charge is 2.41. The van der Waals surface area contributed by atoms with Crippen LogP contribution in [0.5, 0.6) is 0 Å². The lowest BCUT2D eigenvalue weighted by Crippen LogP contribution is -2.47. The van der Waals surface area contributed by atoms with Gasteiger partial charge in [-0.15, -0.1) is 0 Å². The molecule has 1 aliphatic heterocycles. The topological polar surface area (TPSA) is 137 Å². The minimum absolute atomic E-state index is 0.114. The molecule has 0 bridgehead atoms. The van der Waals surface area contributed by atoms with Gasteiger partial charge in [0.1, 0.15) is 0 Å². The van der Waals surface area contributed by atoms with E-state index in [0.717, 1.165) is 65.5 Å². The van der Waals surface area contributed by atoms with E-state index in [1.165, 1.54) is 24.8 Å². The third-order valence-corrected chi connectivity index (χ3v) is 10.5. The molecule has 3 aromatic carbocycles. The Morgan fingerprint density at radius 2 is 1.71 bits per heavy atom. The van der Waals surface area contributed by atoms with Crippen LogP contribution in [0.1, 0.15) is 55.9 Å². The van der Waals surface area contributed by atoms with Gasteiger partial charge in [-0.2, -0.15) is 4.99 Å². The molecule has 12 heteroatoms. The van der Waals surface area contributed by atoms with Crippen molar-refractivity contribution in [2.24, 2.45) is 9.98 Å². The summed E-state index contributed by atoms with van der Waals surface area (Å²) >= 11 is 0. The fourth-order valence-electron chi connectivity index (χ4n) is 6.42. The molecule has 49 heavy (non-hydrogen) atoms. The van der Waals surface area contributed by atoms with Crippen molar-refractivity contribution in [1.29, 1.82) is 0 Å². The molecule has 0 saturated carbocycles. The third-order valence-electron chi connectivity index (χ3n) is 8.82. The van der Waals surface area contributed by atoms with Crippen molar-refractivity contribution in [3.63, 3.8) is 0 Å². The van der Waals surface area contributed by atoms with Crippen molar-refractivity contribution in [2.75, 3.05) is 32.9 Å². The van der Waals surface area contributed by atoms with Gasteiger partial charge in [0.15, 0.2) is 16.4 Å². The summed E-state index contributed by atoms with van der Waals surface area (Å²) in [5, 5.41) is 5.68. The van der Waals surface area contributed by atoms with Crippen LogP contribution in [0.3, 0.4) is 0 Å². The Balaban J connectivity index is 1.58. The number of sulfonamides is 1. The first-order chi connectivity index (χ1) is 23.5. The summed E-state index contributed by atoms with van der Waals surface area (Å²) in [7, 11) is -4.28. The summed E-state index contributed by atoms with van der Waals surface area (Å²) in [4.78, 5) is 38.2. The summed E-state index contributed by atoms with van der Waals surface area (Å²) in [5.41, 5.74) is 6.50. The second kappa shape index (κ2) is 13.7. The highest BCUT2D eigenvalue weighted by Crippen LogP contribution is 2.40. The van der Waals surface area contributed by atoms with Crippen LogP contribution >= 0.6 is 0 Å². The Labute approximate surface area is 286 Å². The van der Waals surface area contributed by atoms with Gasteiger partial charge >= 0.3 is 0 Å². The molecule has 0 spiro atoms. The average Bonchev–Trinajstić information content (AvgIpc) is 3.56. The zero-order chi connectivity index (χ0) is 34.9. The lowest BCUT2D eigenvalue weighted by Gasteiger charge is -2.30. The van der Waals surface area contributed by atoms with E-state index in [9.17, 15) is 18.0 Å². The second-order valence-corrected chi connectivity index (χ2v) is 14.0. The molecular weight excluding hydrogens is 641 g/mol. The number of hydrogen-bond acceptors (Lipinski definition) is 8. The number of carbonyl (C=O) groups excluding carboxylic acids is 2. The molecule has 0 fully saturated rings. The number of benzene rings is 3. The van der Waals surface area contributed by atoms with Crippen LogP contribution in [-0.4, -0.2) is 44.9 Å². The highest BCUT2D eigenvalue weighted by atomic mass is 32.2. The normalized spacial score (nSPS) is 15.2. The molecular formula is C37H40N6O5S. The molecule has 4 aromatic rings. The first-order valence-corrected chi connectivity index (χ1v) is 17.9. The quantitative estimate of drug-likeness (QED) is 0.179. The minimum atomic E-state index is -4.28. The van der Waals surface area contributed by atoms with Crippen molar-refractivity contribution in [3.05, 3.63) is 89.2 Å². The first kappa shape index (κ1) is 33.7. The van der Waals surface area contributed by atoms with Gasteiger partial charge in [-0.05, 0) is 118 Å². The van der Waals surface area contributed by atoms with Crippen LogP contribution in [0, 0.1) is 13.8 Å². The molecule has 0 unspecified atom stereocenters. The van der Waals surface area contributed by atoms with Crippen LogP contribution in [0.2, 0.25) is 0 Å². The Morgan fingerprint density at radius 3 is 2.43 bits per heavy atom. The Morgan fingerprint density at radius 1 is 0.959 bits per heavy atom. The summed E-state index contributed by atoms with van der Waals surface area (Å²) in [6, 6.07) is 17.4. The molecule has 11 nitrogen and oxygen atoms in total. The van der Waals surface area contributed by atoms with Crippen LogP contribution in [0.25, 0.3) is 0 Å². The molecule has 2 heterocycles. The van der Waals surface area contributed by atoms with Gasteiger partial charge in [0.2, 0.25) is 11.8 Å². The van der Waals surface area contributed by atoms with Crippen LogP contribution in [-0.2, 0) is 32.5 Å². The van der Waals surface area contributed by atoms with Crippen LogP contribution in [0.15, 0.2) is 86.2 Å². The fourth-order valence-corrected chi connectivity index (χ4v) is 7.91. The smallest absolute Gasteiger partial charge is 0.278 e. The number of rotatable bonds is 9. The predicted molar refractivity (Wildman–Crippen MR) is 194 cm³/mol. The van der Waals surface area contributed by atoms with E-state index in [1.807, 2.05) is 32.0 Å². The van der Waals surface area contributed by atoms with E-state index in [1.54, 1.807) is 36.4 Å². The number of fused-ring (bicyclic) bond motifs is 2. The van der Waals surface area contributed by atoms with Gasteiger partial charge < -0.3 is 20.0 Å². The molecule has 1 aliphatic carbocycles. The number of nitrogens with one attached hydrogen (secondary N) is 2. The summed E-state index contributed by atoms with van der Waals surface area (Å²) in [5.74, 6) is -1.27. The monoisotopic (exact) mass is 680 g/mol. The maximum Gasteiger partial charge on any atom is 0.278 e. The SMILES string of the molecule is CCN(CC)c1ccc(N=C(C(=O)Nc2cc(NC(C)=O)ccc2C)C2=Nc3occc3S(=O)(=O)N2c2cccc(C)c2)c2c1CCCC2. The largest absolute Gasteiger partial charge is 0.445 e. The van der Waals surface area contributed by atoms with Gasteiger partial charge in [0, 0.05) is 37.1 Å². The molecule has 2 N–H and O–H groups in total. The number of furan rings is 1. The van der Waals surface area contributed by atoms with Gasteiger partial charge in [-0.1, -0.05) is 18.2 Å². The third kappa shape index (κ3) is 6.60. The molecule has 2 amide bonds. The van der Waals surface area contributed by atoms with Crippen LogP contribution in [0.4, 0.5) is 34.3 Å². The van der Waals surface area contributed by atoms with Crippen molar-refractivity contribution in [3.8, 4) is 0 Å². The number of anilines is 4. The zero-order valence-electron chi connectivity index (χ0n) is 28.3. The van der Waals surface area contributed by atoms with E-state index in [0.29, 0.717) is 22.7 Å². The molecule has 0 saturated heterocycles. The lowest BCUT2D eigenvalue weighted by molar-refractivity contribution is -0.114. The highest BCUT2D eigenvalue weighted by molar-refractivity contribution is 7.94. The van der Waals surface area contributed by atoms with E-state index in [-0.39, 0.29) is 28.2 Å². The molecule has 2 aliphatic rings. The number of amidine groups is 1. The van der Waals surface area contributed by atoms with Crippen LogP contribution < -0.4 is 19.8 Å². The molecule has 254 valence electrons. The summed E-state index contributed by atoms with van der Waals surface area (Å²) in [6.07, 6.45) is 4.92. The predicted octanol–water partition coefficient (Wildman–Crippen LogP) is 7.23. The van der Waals surface area contributed by atoms with Crippen molar-refractivity contribution in [2.45, 2.75) is 65.2 Å². The standard InChI is InChI=1S/C37H40N6O5S/c1-6-42(7-2)32-18-17-30(28-13-8-9-14-29(28)32)39-34(36(45)40-31-22-26(38-25(5)44)16-15-24(31)4)35-41-37-33(19-20-48-37)49(46,47)43(35)27-12-10-11-23(3)21-27/h10-12,15-22H,6-9,13-14H2,1-5H3,(H,38,44)(H,40,45). The number of amides is 2. The lowest BCUT2D eigenvalue weighted by atomic mass is 9.88. The number of aliphatic imine (C=N–C) groups is 2. The number of aryl methyl sites for hydroxylation is 2. The molecule has 0 atom stereocenters. The number of carbonyl (C=O) groups is 2. The Kier molecular flexibility index (Phi) is 9.42. The van der Waals surface area contributed by atoms with E-state index >= 15 is 0 Å². The first-order valence-electron chi connectivity index (χ1n) is 16.5. The summed E-state index contributed by atoms with van der Waals surface area (Å²) < 4.78 is 35.2. The van der Waals surface area contributed by atoms with Gasteiger partial charge in [0.05, 0.1) is 17.6 Å². The van der Waals surface area contributed by atoms with Gasteiger partial charge in [-0.25, -0.2) is 17.7 Å². The van der Waals surface area contributed by atoms with E-state index in [4.69, 9.17) is 9.41 Å². The van der Waals surface area contributed by atoms with E-state index in [2.05, 4.69) is 34.4 Å².